The summed E-state index contributed by atoms with van der Waals surface area (Å²) in [4.78, 5) is 17.7. The zero-order valence-corrected chi connectivity index (χ0v) is 22.8. The van der Waals surface area contributed by atoms with Crippen molar-refractivity contribution in [1.29, 1.82) is 0 Å². The van der Waals surface area contributed by atoms with Crippen molar-refractivity contribution in [2.24, 2.45) is 0 Å². The fourth-order valence-electron chi connectivity index (χ4n) is 4.36. The fraction of sp³-hybridized carbons (Fsp3) is 0.214. The van der Waals surface area contributed by atoms with Gasteiger partial charge in [0.1, 0.15) is 28.9 Å². The molecule has 0 saturated heterocycles. The molecule has 0 aliphatic heterocycles. The lowest BCUT2D eigenvalue weighted by molar-refractivity contribution is 0.301. The number of anilines is 2. The van der Waals surface area contributed by atoms with E-state index >= 15 is 4.39 Å². The summed E-state index contributed by atoms with van der Waals surface area (Å²) in [6.45, 7) is 8.10. The highest BCUT2D eigenvalue weighted by Gasteiger charge is 2.17. The van der Waals surface area contributed by atoms with Crippen molar-refractivity contribution in [3.05, 3.63) is 87.8 Å². The van der Waals surface area contributed by atoms with Crippen molar-refractivity contribution in [1.82, 2.24) is 24.5 Å². The molecule has 0 aliphatic rings. The molecule has 10 heteroatoms. The van der Waals surface area contributed by atoms with Gasteiger partial charge in [-0.15, -0.1) is 0 Å². The average molecular weight is 551 g/mol. The molecule has 0 unspecified atom stereocenters. The highest BCUT2D eigenvalue weighted by atomic mass is 35.5. The third-order valence-corrected chi connectivity index (χ3v) is 6.53. The Morgan fingerprint density at radius 1 is 1.03 bits per heavy atom. The summed E-state index contributed by atoms with van der Waals surface area (Å²) < 4.78 is 22.9. The summed E-state index contributed by atoms with van der Waals surface area (Å²) >= 11 is 12.4. The highest BCUT2D eigenvalue weighted by Crippen LogP contribution is 2.32. The van der Waals surface area contributed by atoms with Crippen molar-refractivity contribution in [2.75, 3.05) is 5.32 Å². The van der Waals surface area contributed by atoms with Gasteiger partial charge in [-0.1, -0.05) is 29.3 Å². The smallest absolute Gasteiger partial charge is 0.227 e. The first-order valence-corrected chi connectivity index (χ1v) is 12.8. The first kappa shape index (κ1) is 25.9. The SMILES string of the molecule is Cc1cnc(Nc2ccc(OCc3cccc(Cl)n3)c(Cl)c2)nc1-c1cc(F)c2nc(C)n(C(C)C)c2c1. The second-order valence-electron chi connectivity index (χ2n) is 9.18. The van der Waals surface area contributed by atoms with Crippen LogP contribution in [0.15, 0.2) is 54.7 Å². The van der Waals surface area contributed by atoms with Crippen molar-refractivity contribution < 1.29 is 9.13 Å². The minimum Gasteiger partial charge on any atom is -0.486 e. The van der Waals surface area contributed by atoms with Gasteiger partial charge in [0.05, 0.1) is 21.9 Å². The number of halogens is 3. The number of ether oxygens (including phenoxy) is 1. The Morgan fingerprint density at radius 3 is 2.58 bits per heavy atom. The monoisotopic (exact) mass is 550 g/mol. The van der Waals surface area contributed by atoms with Crippen molar-refractivity contribution in [3.63, 3.8) is 0 Å². The summed E-state index contributed by atoms with van der Waals surface area (Å²) in [5.41, 5.74) is 4.54. The number of nitrogens with zero attached hydrogens (tertiary/aromatic N) is 5. The van der Waals surface area contributed by atoms with E-state index in [9.17, 15) is 0 Å². The molecule has 194 valence electrons. The van der Waals surface area contributed by atoms with Crippen LogP contribution in [0.25, 0.3) is 22.3 Å². The Balaban J connectivity index is 1.40. The maximum Gasteiger partial charge on any atom is 0.227 e. The van der Waals surface area contributed by atoms with Crippen molar-refractivity contribution in [2.45, 2.75) is 40.3 Å². The lowest BCUT2D eigenvalue weighted by Crippen LogP contribution is -2.03. The van der Waals surface area contributed by atoms with E-state index in [4.69, 9.17) is 27.9 Å². The van der Waals surface area contributed by atoms with Crippen LogP contribution in [-0.4, -0.2) is 24.5 Å². The van der Waals surface area contributed by atoms with Crippen molar-refractivity contribution in [3.8, 4) is 17.0 Å². The molecule has 5 aromatic rings. The molecule has 3 aromatic heterocycles. The van der Waals surface area contributed by atoms with E-state index < -0.39 is 0 Å². The van der Waals surface area contributed by atoms with Crippen LogP contribution in [0, 0.1) is 19.7 Å². The number of pyridine rings is 1. The van der Waals surface area contributed by atoms with Crippen molar-refractivity contribution >= 4 is 45.9 Å². The molecular weight excluding hydrogens is 526 g/mol. The number of nitrogens with one attached hydrogen (secondary N) is 1. The van der Waals surface area contributed by atoms with E-state index in [0.29, 0.717) is 50.0 Å². The summed E-state index contributed by atoms with van der Waals surface area (Å²) in [6, 6.07) is 14.2. The van der Waals surface area contributed by atoms with Crippen LogP contribution in [0.4, 0.5) is 16.0 Å². The van der Waals surface area contributed by atoms with E-state index in [0.717, 1.165) is 16.9 Å². The Kier molecular flexibility index (Phi) is 7.19. The Labute approximate surface area is 229 Å². The molecular formula is C28H25Cl2FN6O. The summed E-state index contributed by atoms with van der Waals surface area (Å²) in [5.74, 6) is 1.24. The lowest BCUT2D eigenvalue weighted by atomic mass is 10.1. The van der Waals surface area contributed by atoms with Gasteiger partial charge in [0.25, 0.3) is 0 Å². The van der Waals surface area contributed by atoms with E-state index in [-0.39, 0.29) is 18.5 Å². The number of fused-ring (bicyclic) bond motifs is 1. The standard InChI is InChI=1S/C28H25Cl2FN6O/c1-15(2)37-17(4)33-27-22(31)10-18(11-23(27)37)26-16(3)13-32-28(36-26)35-19-8-9-24(21(29)12-19)38-14-20-6-5-7-25(30)34-20/h5-13,15H,14H2,1-4H3,(H,32,35,36). The van der Waals surface area contributed by atoms with E-state index in [1.165, 1.54) is 6.07 Å². The Morgan fingerprint density at radius 2 is 1.84 bits per heavy atom. The van der Waals surface area contributed by atoms with Crippen LogP contribution in [-0.2, 0) is 6.61 Å². The predicted octanol–water partition coefficient (Wildman–Crippen LogP) is 7.85. The van der Waals surface area contributed by atoms with Gasteiger partial charge < -0.3 is 14.6 Å². The van der Waals surface area contributed by atoms with Crippen LogP contribution in [0.1, 0.15) is 37.0 Å². The Hall–Kier alpha value is -3.75. The molecule has 2 aromatic carbocycles. The predicted molar refractivity (Wildman–Crippen MR) is 149 cm³/mol. The molecule has 0 fully saturated rings. The summed E-state index contributed by atoms with van der Waals surface area (Å²) in [5, 5.41) is 3.98. The summed E-state index contributed by atoms with van der Waals surface area (Å²) in [7, 11) is 0. The maximum atomic E-state index is 15.1. The molecule has 7 nitrogen and oxygen atoms in total. The number of aryl methyl sites for hydroxylation is 2. The van der Waals surface area contributed by atoms with Gasteiger partial charge in [-0.25, -0.2) is 24.3 Å². The quantitative estimate of drug-likeness (QED) is 0.208. The van der Waals surface area contributed by atoms with Gasteiger partial charge in [-0.2, -0.15) is 0 Å². The Bertz CT molecular complexity index is 1650. The number of hydrogen-bond donors (Lipinski definition) is 1. The van der Waals surface area contributed by atoms with Crippen LogP contribution >= 0.6 is 23.2 Å². The molecule has 0 spiro atoms. The number of rotatable bonds is 7. The summed E-state index contributed by atoms with van der Waals surface area (Å²) in [6.07, 6.45) is 1.70. The molecule has 0 amide bonds. The van der Waals surface area contributed by atoms with E-state index in [1.807, 2.05) is 56.5 Å². The van der Waals surface area contributed by atoms with Gasteiger partial charge in [0, 0.05) is 23.5 Å². The van der Waals surface area contributed by atoms with Gasteiger partial charge in [-0.3, -0.25) is 0 Å². The first-order valence-electron chi connectivity index (χ1n) is 12.0. The normalized spacial score (nSPS) is 11.4. The van der Waals surface area contributed by atoms with E-state index in [1.54, 1.807) is 24.4 Å². The lowest BCUT2D eigenvalue weighted by Gasteiger charge is -2.13. The topological polar surface area (TPSA) is 77.8 Å². The molecule has 38 heavy (non-hydrogen) atoms. The van der Waals surface area contributed by atoms with Crippen LogP contribution in [0.3, 0.4) is 0 Å². The molecule has 5 rings (SSSR count). The van der Waals surface area contributed by atoms with Crippen LogP contribution in [0.5, 0.6) is 5.75 Å². The average Bonchev–Trinajstić information content (AvgIpc) is 3.21. The second kappa shape index (κ2) is 10.6. The molecule has 0 bridgehead atoms. The van der Waals surface area contributed by atoms with Gasteiger partial charge in [-0.05, 0) is 75.7 Å². The maximum absolute atomic E-state index is 15.1. The fourth-order valence-corrected chi connectivity index (χ4v) is 4.78. The second-order valence-corrected chi connectivity index (χ2v) is 9.98. The largest absolute Gasteiger partial charge is 0.486 e. The zero-order chi connectivity index (χ0) is 27.0. The van der Waals surface area contributed by atoms with E-state index in [2.05, 4.69) is 25.3 Å². The van der Waals surface area contributed by atoms with Gasteiger partial charge >= 0.3 is 0 Å². The zero-order valence-electron chi connectivity index (χ0n) is 21.3. The van der Waals surface area contributed by atoms with Gasteiger partial charge in [0.15, 0.2) is 5.82 Å². The minimum absolute atomic E-state index is 0.136. The molecule has 1 N–H and O–H groups in total. The van der Waals surface area contributed by atoms with Gasteiger partial charge in [0.2, 0.25) is 5.95 Å². The molecule has 3 heterocycles. The number of hydrogen-bond acceptors (Lipinski definition) is 6. The number of aromatic nitrogens is 5. The molecule has 0 atom stereocenters. The third-order valence-electron chi connectivity index (χ3n) is 6.02. The van der Waals surface area contributed by atoms with Crippen LogP contribution in [0.2, 0.25) is 10.2 Å². The van der Waals surface area contributed by atoms with Crippen LogP contribution < -0.4 is 10.1 Å². The molecule has 0 aliphatic carbocycles. The molecule has 0 radical (unpaired) electrons. The molecule has 0 saturated carbocycles. The number of benzene rings is 2. The first-order chi connectivity index (χ1) is 18.2. The third kappa shape index (κ3) is 5.28. The highest BCUT2D eigenvalue weighted by molar-refractivity contribution is 6.32. The minimum atomic E-state index is -0.386. The number of imidazole rings is 1.